The quantitative estimate of drug-likeness (QED) is 0.310. The van der Waals surface area contributed by atoms with Gasteiger partial charge in [-0.25, -0.2) is 4.79 Å². The van der Waals surface area contributed by atoms with Gasteiger partial charge < -0.3 is 29.1 Å². The van der Waals surface area contributed by atoms with Crippen molar-refractivity contribution >= 4 is 29.6 Å². The van der Waals surface area contributed by atoms with Crippen LogP contribution >= 0.6 is 11.8 Å². The van der Waals surface area contributed by atoms with E-state index in [2.05, 4.69) is 12.2 Å². The third-order valence-electron chi connectivity index (χ3n) is 4.40. The summed E-state index contributed by atoms with van der Waals surface area (Å²) >= 11 is 2.00. The molecule has 0 aliphatic heterocycles. The number of alkyl carbamates (subject to hydrolysis) is 1. The third-order valence-corrected chi connectivity index (χ3v) is 5.68. The minimum absolute atomic E-state index is 0. The Morgan fingerprint density at radius 1 is 0.897 bits per heavy atom. The first kappa shape index (κ1) is 25.7. The van der Waals surface area contributed by atoms with Gasteiger partial charge in [0.05, 0.1) is 32.8 Å². The number of amides is 1. The first-order valence-corrected chi connectivity index (χ1v) is 11.4. The van der Waals surface area contributed by atoms with Crippen LogP contribution in [0.5, 0.6) is 0 Å². The highest BCUT2D eigenvalue weighted by atomic mass is 32.2. The van der Waals surface area contributed by atoms with Crippen molar-refractivity contribution in [3.63, 3.8) is 0 Å². The molecule has 0 aromatic heterocycles. The van der Waals surface area contributed by atoms with Gasteiger partial charge in [0.25, 0.3) is 0 Å². The van der Waals surface area contributed by atoms with E-state index >= 15 is 0 Å². The number of rotatable bonds is 15. The normalized spacial score (nSPS) is 18.8. The van der Waals surface area contributed by atoms with Gasteiger partial charge in [-0.05, 0) is 38.4 Å². The summed E-state index contributed by atoms with van der Waals surface area (Å²) < 4.78 is 20.7. The van der Waals surface area contributed by atoms with Gasteiger partial charge in [0, 0.05) is 19.1 Å². The van der Waals surface area contributed by atoms with Gasteiger partial charge in [-0.15, -0.1) is 0 Å². The number of ketones is 1. The summed E-state index contributed by atoms with van der Waals surface area (Å²) in [5, 5.41) is 3.65. The summed E-state index contributed by atoms with van der Waals surface area (Å²) in [5.41, 5.74) is 0. The van der Waals surface area contributed by atoms with Crippen molar-refractivity contribution in [3.05, 3.63) is 0 Å². The van der Waals surface area contributed by atoms with Gasteiger partial charge in [-0.2, -0.15) is 11.8 Å². The zero-order valence-corrected chi connectivity index (χ0v) is 18.4. The van der Waals surface area contributed by atoms with Crippen LogP contribution in [-0.4, -0.2) is 74.5 Å². The lowest BCUT2D eigenvalue weighted by molar-refractivity contribution is -0.146. The Kier molecular flexibility index (Phi) is 14.6. The zero-order chi connectivity index (χ0) is 21.3. The van der Waals surface area contributed by atoms with E-state index in [9.17, 15) is 14.4 Å². The number of hydrogen-bond acceptors (Lipinski definition) is 8. The summed E-state index contributed by atoms with van der Waals surface area (Å²) in [7, 11) is 0. The number of thioether (sulfide) groups is 1. The Morgan fingerprint density at radius 2 is 1.48 bits per heavy atom. The molecule has 0 bridgehead atoms. The molecule has 0 saturated heterocycles. The molecule has 0 radical (unpaired) electrons. The molecule has 8 nitrogen and oxygen atoms in total. The predicted octanol–water partition coefficient (Wildman–Crippen LogP) is 2.97. The van der Waals surface area contributed by atoms with Crippen LogP contribution in [0, 0.1) is 0 Å². The Balaban J connectivity index is 0.00000841. The molecule has 0 heterocycles. The molecule has 1 fully saturated rings. The molecule has 9 heteroatoms. The minimum atomic E-state index is -0.400. The van der Waals surface area contributed by atoms with Crippen molar-refractivity contribution in [3.8, 4) is 0 Å². The van der Waals surface area contributed by atoms with Gasteiger partial charge in [-0.1, -0.05) is 6.92 Å². The summed E-state index contributed by atoms with van der Waals surface area (Å²) in [6.45, 7) is 5.26. The maximum atomic E-state index is 11.8. The van der Waals surface area contributed by atoms with Gasteiger partial charge in [0.15, 0.2) is 0 Å². The monoisotopic (exact) mass is 435 g/mol. The highest BCUT2D eigenvalue weighted by Gasteiger charge is 2.22. The van der Waals surface area contributed by atoms with Crippen LogP contribution in [0.4, 0.5) is 4.79 Å². The molecule has 1 aliphatic rings. The van der Waals surface area contributed by atoms with Crippen LogP contribution in [0.3, 0.4) is 0 Å². The number of ether oxygens (including phenoxy) is 4. The molecular formula is C20H37NO7S. The summed E-state index contributed by atoms with van der Waals surface area (Å²) in [6, 6.07) is 0.210. The fourth-order valence-electron chi connectivity index (χ4n) is 2.90. The van der Waals surface area contributed by atoms with Crippen LogP contribution in [-0.2, 0) is 28.5 Å². The Hall–Kier alpha value is -1.32. The van der Waals surface area contributed by atoms with E-state index in [-0.39, 0.29) is 52.0 Å². The second-order valence-corrected chi connectivity index (χ2v) is 8.43. The SMILES string of the molecule is CCSC1CCC(NC(=O)OCCOCCOCCOC(=O)CCC(C)=O)CC1.[HH]. The van der Waals surface area contributed by atoms with Crippen molar-refractivity contribution in [2.45, 2.75) is 63.7 Å². The molecule has 29 heavy (non-hydrogen) atoms. The number of carbonyl (C=O) groups is 3. The number of Topliss-reactive ketones (excluding diaryl/α,β-unsaturated/α-hetero) is 1. The second kappa shape index (κ2) is 16.5. The Morgan fingerprint density at radius 3 is 2.07 bits per heavy atom. The molecule has 1 N–H and O–H groups in total. The zero-order valence-electron chi connectivity index (χ0n) is 17.6. The lowest BCUT2D eigenvalue weighted by Gasteiger charge is -2.28. The molecule has 0 aromatic rings. The first-order valence-electron chi connectivity index (χ1n) is 10.4. The van der Waals surface area contributed by atoms with Crippen LogP contribution < -0.4 is 5.32 Å². The molecule has 0 aromatic carbocycles. The topological polar surface area (TPSA) is 100 Å². The van der Waals surface area contributed by atoms with E-state index in [4.69, 9.17) is 18.9 Å². The van der Waals surface area contributed by atoms with Gasteiger partial charge >= 0.3 is 12.1 Å². The molecule has 0 unspecified atom stereocenters. The van der Waals surface area contributed by atoms with E-state index in [1.165, 1.54) is 6.92 Å². The van der Waals surface area contributed by atoms with Crippen molar-refractivity contribution in [2.24, 2.45) is 0 Å². The molecular weight excluding hydrogens is 398 g/mol. The van der Waals surface area contributed by atoms with Crippen molar-refractivity contribution in [2.75, 3.05) is 45.4 Å². The number of esters is 1. The first-order chi connectivity index (χ1) is 14.0. The van der Waals surface area contributed by atoms with Crippen LogP contribution in [0.25, 0.3) is 0 Å². The average molecular weight is 436 g/mol. The van der Waals surface area contributed by atoms with Crippen LogP contribution in [0.2, 0.25) is 0 Å². The standard InChI is InChI=1S/C20H35NO7S.H2/c1-3-29-18-7-5-17(6-8-18)21-20(24)28-15-13-26-11-10-25-12-14-27-19(23)9-4-16(2)22;/h17-18H,3-15H2,1-2H3,(H,21,24);1H. The number of carbonyl (C=O) groups excluding carboxylic acids is 3. The molecule has 170 valence electrons. The van der Waals surface area contributed by atoms with Crippen LogP contribution in [0.1, 0.15) is 53.8 Å². The van der Waals surface area contributed by atoms with Crippen molar-refractivity contribution < 1.29 is 34.8 Å². The average Bonchev–Trinajstić information content (AvgIpc) is 2.69. The summed E-state index contributed by atoms with van der Waals surface area (Å²) in [4.78, 5) is 33.8. The van der Waals surface area contributed by atoms with Gasteiger partial charge in [0.2, 0.25) is 0 Å². The molecule has 1 aliphatic carbocycles. The van der Waals surface area contributed by atoms with E-state index in [1.807, 2.05) is 11.8 Å². The summed E-state index contributed by atoms with van der Waals surface area (Å²) in [5.74, 6) is 0.708. The lowest BCUT2D eigenvalue weighted by Crippen LogP contribution is -2.38. The predicted molar refractivity (Wildman–Crippen MR) is 113 cm³/mol. The molecule has 1 rings (SSSR count). The largest absolute Gasteiger partial charge is 0.463 e. The maximum absolute atomic E-state index is 11.8. The molecule has 1 amide bonds. The van der Waals surface area contributed by atoms with Gasteiger partial charge in [-0.3, -0.25) is 4.79 Å². The van der Waals surface area contributed by atoms with Crippen LogP contribution in [0.15, 0.2) is 0 Å². The maximum Gasteiger partial charge on any atom is 0.407 e. The molecule has 0 atom stereocenters. The second-order valence-electron chi connectivity index (χ2n) is 6.86. The van der Waals surface area contributed by atoms with Crippen molar-refractivity contribution in [1.29, 1.82) is 0 Å². The van der Waals surface area contributed by atoms with E-state index < -0.39 is 5.97 Å². The summed E-state index contributed by atoms with van der Waals surface area (Å²) in [6.07, 6.45) is 4.22. The highest BCUT2D eigenvalue weighted by molar-refractivity contribution is 7.99. The fourth-order valence-corrected chi connectivity index (χ4v) is 3.97. The Bertz CT molecular complexity index is 488. The van der Waals surface area contributed by atoms with Crippen molar-refractivity contribution in [1.82, 2.24) is 5.32 Å². The van der Waals surface area contributed by atoms with E-state index in [1.54, 1.807) is 0 Å². The van der Waals surface area contributed by atoms with E-state index in [0.29, 0.717) is 19.8 Å². The van der Waals surface area contributed by atoms with E-state index in [0.717, 1.165) is 36.7 Å². The highest BCUT2D eigenvalue weighted by Crippen LogP contribution is 2.28. The third kappa shape index (κ3) is 14.3. The Labute approximate surface area is 179 Å². The molecule has 0 spiro atoms. The fraction of sp³-hybridized carbons (Fsp3) is 0.850. The number of nitrogens with one attached hydrogen (secondary N) is 1. The molecule has 1 saturated carbocycles. The lowest BCUT2D eigenvalue weighted by atomic mass is 9.95. The minimum Gasteiger partial charge on any atom is -0.463 e. The number of hydrogen-bond donors (Lipinski definition) is 1. The van der Waals surface area contributed by atoms with Gasteiger partial charge in [0.1, 0.15) is 19.0 Å². The smallest absolute Gasteiger partial charge is 0.407 e.